The first-order valence-electron chi connectivity index (χ1n) is 17.6. The van der Waals surface area contributed by atoms with E-state index in [0.29, 0.717) is 5.69 Å². The number of carbonyl (C=O) groups excluding carboxylic acids is 2. The van der Waals surface area contributed by atoms with Gasteiger partial charge >= 0.3 is 5.97 Å². The van der Waals surface area contributed by atoms with E-state index in [-0.39, 0.29) is 36.0 Å². The summed E-state index contributed by atoms with van der Waals surface area (Å²) < 4.78 is 40.0. The van der Waals surface area contributed by atoms with Crippen LogP contribution in [0.5, 0.6) is 5.75 Å². The predicted octanol–water partition coefficient (Wildman–Crippen LogP) is 8.76. The van der Waals surface area contributed by atoms with Crippen molar-refractivity contribution in [3.05, 3.63) is 185 Å². The highest BCUT2D eigenvalue weighted by Crippen LogP contribution is 2.30. The summed E-state index contributed by atoms with van der Waals surface area (Å²) in [6.07, 6.45) is 0. The van der Waals surface area contributed by atoms with Gasteiger partial charge in [-0.25, -0.2) is 13.2 Å². The van der Waals surface area contributed by atoms with E-state index in [2.05, 4.69) is 24.3 Å². The summed E-state index contributed by atoms with van der Waals surface area (Å²) in [6, 6.07) is 46.4. The van der Waals surface area contributed by atoms with Crippen molar-refractivity contribution in [2.45, 2.75) is 38.5 Å². The minimum absolute atomic E-state index is 0.0739. The van der Waals surface area contributed by atoms with Crippen LogP contribution in [0.2, 0.25) is 0 Å². The molecule has 0 unspecified atom stereocenters. The number of nitrogens with zero attached hydrogens (tertiary/aromatic N) is 2. The van der Waals surface area contributed by atoms with Gasteiger partial charge in [-0.3, -0.25) is 4.79 Å². The third-order valence-corrected chi connectivity index (χ3v) is 10.8. The molecule has 0 heterocycles. The molecule has 0 fully saturated rings. The van der Waals surface area contributed by atoms with Gasteiger partial charge in [-0.05, 0) is 65.9 Å². The first-order chi connectivity index (χ1) is 26.1. The monoisotopic (exact) mass is 738 g/mol. The molecule has 6 rings (SSSR count). The van der Waals surface area contributed by atoms with E-state index in [1.165, 1.54) is 29.6 Å². The lowest BCUT2D eigenvalue weighted by atomic mass is 10.0. The van der Waals surface area contributed by atoms with Crippen LogP contribution in [0.4, 0.5) is 5.69 Å². The van der Waals surface area contributed by atoms with Crippen LogP contribution < -0.4 is 9.64 Å². The summed E-state index contributed by atoms with van der Waals surface area (Å²) in [7, 11) is -2.58. The summed E-state index contributed by atoms with van der Waals surface area (Å²) >= 11 is 0. The summed E-state index contributed by atoms with van der Waals surface area (Å²) in [5.41, 5.74) is 7.34. The second kappa shape index (κ2) is 17.2. The number of amides is 1. The molecule has 6 aromatic carbocycles. The Bertz CT molecular complexity index is 2290. The van der Waals surface area contributed by atoms with Crippen molar-refractivity contribution in [1.29, 1.82) is 0 Å². The Morgan fingerprint density at radius 3 is 1.74 bits per heavy atom. The lowest BCUT2D eigenvalue weighted by molar-refractivity contribution is -0.118. The number of sulfonamides is 1. The fourth-order valence-corrected chi connectivity index (χ4v) is 6.93. The molecule has 9 heteroatoms. The van der Waals surface area contributed by atoms with E-state index in [0.717, 1.165) is 37.7 Å². The Morgan fingerprint density at radius 1 is 0.611 bits per heavy atom. The van der Waals surface area contributed by atoms with Gasteiger partial charge in [0.25, 0.3) is 0 Å². The van der Waals surface area contributed by atoms with Crippen molar-refractivity contribution in [3.8, 4) is 16.9 Å². The first kappa shape index (κ1) is 37.7. The predicted molar refractivity (Wildman–Crippen MR) is 212 cm³/mol. The number of hydrogen-bond acceptors (Lipinski definition) is 6. The normalized spacial score (nSPS) is 11.3. The Labute approximate surface area is 317 Å². The average Bonchev–Trinajstić information content (AvgIpc) is 3.19. The second-order valence-electron chi connectivity index (χ2n) is 13.1. The molecule has 0 bridgehead atoms. The highest BCUT2D eigenvalue weighted by Gasteiger charge is 2.27. The van der Waals surface area contributed by atoms with Crippen LogP contribution in [0.25, 0.3) is 11.1 Å². The minimum Gasteiger partial charge on any atom is -0.488 e. The molecule has 1 amide bonds. The topological polar surface area (TPSA) is 93.2 Å². The third-order valence-electron chi connectivity index (χ3n) is 9.01. The zero-order valence-electron chi connectivity index (χ0n) is 30.5. The molecule has 0 spiro atoms. The molecule has 8 nitrogen and oxygen atoms in total. The van der Waals surface area contributed by atoms with Gasteiger partial charge in [0, 0.05) is 18.8 Å². The molecule has 54 heavy (non-hydrogen) atoms. The molecule has 6 aromatic rings. The van der Waals surface area contributed by atoms with Crippen LogP contribution in [0, 0.1) is 13.8 Å². The third kappa shape index (κ3) is 9.49. The van der Waals surface area contributed by atoms with Crippen molar-refractivity contribution in [2.24, 2.45) is 0 Å². The maximum atomic E-state index is 14.3. The van der Waals surface area contributed by atoms with E-state index < -0.39 is 28.4 Å². The van der Waals surface area contributed by atoms with Crippen molar-refractivity contribution in [2.75, 3.05) is 18.5 Å². The maximum Gasteiger partial charge on any atom is 0.342 e. The molecule has 0 aliphatic rings. The number of ether oxygens (including phenoxy) is 2. The van der Waals surface area contributed by atoms with E-state index in [4.69, 9.17) is 9.47 Å². The van der Waals surface area contributed by atoms with E-state index in [1.54, 1.807) is 30.3 Å². The Balaban J connectivity index is 1.33. The summed E-state index contributed by atoms with van der Waals surface area (Å²) in [5, 5.41) is 0. The van der Waals surface area contributed by atoms with Gasteiger partial charge < -0.3 is 14.4 Å². The van der Waals surface area contributed by atoms with Gasteiger partial charge in [-0.15, -0.1) is 0 Å². The van der Waals surface area contributed by atoms with Crippen LogP contribution in [0.1, 0.15) is 38.2 Å². The van der Waals surface area contributed by atoms with Gasteiger partial charge in [-0.1, -0.05) is 132 Å². The Hall–Kier alpha value is -6.03. The number of esters is 1. The van der Waals surface area contributed by atoms with Crippen LogP contribution in [0.15, 0.2) is 157 Å². The first-order valence-corrected chi connectivity index (χ1v) is 19.0. The van der Waals surface area contributed by atoms with Gasteiger partial charge in [0.2, 0.25) is 15.9 Å². The molecule has 0 saturated carbocycles. The molecule has 0 aromatic heterocycles. The van der Waals surface area contributed by atoms with Crippen LogP contribution in [-0.4, -0.2) is 38.2 Å². The second-order valence-corrected chi connectivity index (χ2v) is 15.2. The lowest BCUT2D eigenvalue weighted by Gasteiger charge is -2.27. The smallest absolute Gasteiger partial charge is 0.342 e. The van der Waals surface area contributed by atoms with Crippen molar-refractivity contribution in [3.63, 3.8) is 0 Å². The number of hydrogen-bond donors (Lipinski definition) is 0. The van der Waals surface area contributed by atoms with Gasteiger partial charge in [0.1, 0.15) is 24.5 Å². The molecule has 0 aliphatic carbocycles. The number of rotatable bonds is 14. The van der Waals surface area contributed by atoms with Crippen molar-refractivity contribution >= 4 is 27.6 Å². The highest BCUT2D eigenvalue weighted by atomic mass is 32.2. The fraction of sp³-hybridized carbons (Fsp3) is 0.156. The van der Waals surface area contributed by atoms with E-state index >= 15 is 0 Å². The van der Waals surface area contributed by atoms with Gasteiger partial charge in [-0.2, -0.15) is 4.31 Å². The molecule has 0 N–H and O–H groups in total. The Kier molecular flexibility index (Phi) is 12.0. The van der Waals surface area contributed by atoms with Crippen LogP contribution in [-0.2, 0) is 39.3 Å². The van der Waals surface area contributed by atoms with Gasteiger partial charge in [0.05, 0.1) is 18.0 Å². The van der Waals surface area contributed by atoms with E-state index in [9.17, 15) is 18.0 Å². The summed E-state index contributed by atoms with van der Waals surface area (Å²) in [4.78, 5) is 29.4. The summed E-state index contributed by atoms with van der Waals surface area (Å²) in [6.45, 7) is 3.85. The zero-order chi connectivity index (χ0) is 38.1. The Morgan fingerprint density at radius 2 is 1.15 bits per heavy atom. The van der Waals surface area contributed by atoms with Gasteiger partial charge in [0.15, 0.2) is 0 Å². The zero-order valence-corrected chi connectivity index (χ0v) is 31.3. The quantitative estimate of drug-likeness (QED) is 0.104. The molecule has 0 aliphatic heterocycles. The fourth-order valence-electron chi connectivity index (χ4n) is 5.81. The SMILES string of the molecule is Cc1ccc(-c2ccc(CN(C(=O)CN(C)S(=O)(=O)c3ccc(C)cc3)c3ccc(C(=O)OCc4ccccc4)c(OCc4ccccc4)c3)cc2)cc1. The number of anilines is 1. The summed E-state index contributed by atoms with van der Waals surface area (Å²) in [5.74, 6) is -0.825. The standard InChI is InChI=1S/C45H42N2O6S/c1-33-14-20-38(21-15-33)39-22-18-35(19-23-39)29-47(44(48)30-46(3)54(50,51)41-25-16-34(2)17-26-41)40-24-27-42(45(49)53-32-37-12-8-5-9-13-37)43(28-40)52-31-36-10-6-4-7-11-36/h4-28H,29-32H2,1-3H3. The maximum absolute atomic E-state index is 14.3. The molecular weight excluding hydrogens is 697 g/mol. The minimum atomic E-state index is -3.97. The van der Waals surface area contributed by atoms with Crippen molar-refractivity contribution in [1.82, 2.24) is 4.31 Å². The average molecular weight is 739 g/mol. The van der Waals surface area contributed by atoms with Crippen LogP contribution >= 0.6 is 0 Å². The molecule has 0 radical (unpaired) electrons. The molecule has 0 saturated heterocycles. The van der Waals surface area contributed by atoms with Crippen LogP contribution in [0.3, 0.4) is 0 Å². The number of aryl methyl sites for hydroxylation is 2. The van der Waals surface area contributed by atoms with Crippen molar-refractivity contribution < 1.29 is 27.5 Å². The number of likely N-dealkylation sites (N-methyl/N-ethyl adjacent to an activating group) is 1. The highest BCUT2D eigenvalue weighted by molar-refractivity contribution is 7.89. The van der Waals surface area contributed by atoms with E-state index in [1.807, 2.05) is 98.8 Å². The molecule has 274 valence electrons. The largest absolute Gasteiger partial charge is 0.488 e. The number of benzene rings is 6. The molecular formula is C45H42N2O6S. The molecule has 0 atom stereocenters. The lowest BCUT2D eigenvalue weighted by Crippen LogP contribution is -2.41. The number of carbonyl (C=O) groups is 2.